The average molecular weight is 400 g/mol. The van der Waals surface area contributed by atoms with Gasteiger partial charge in [0.25, 0.3) is 5.56 Å². The van der Waals surface area contributed by atoms with E-state index in [1.165, 1.54) is 0 Å². The number of pyridine rings is 2. The summed E-state index contributed by atoms with van der Waals surface area (Å²) in [6.45, 7) is 2.21. The Morgan fingerprint density at radius 2 is 2.00 bits per heavy atom. The standard InChI is InChI=1S/C23H20N4O3/c1-14-11-19-21(23(28)27(14)13-15-7-9-26-10-8-15)20(17(12-24)22(25)30-19)16-5-3-4-6-18(16)29-2/h3-11,20H,13,25H2,1-2H3/t20-/m0/s1. The number of ether oxygens (including phenoxy) is 2. The first-order valence-corrected chi connectivity index (χ1v) is 9.39. The van der Waals surface area contributed by atoms with Gasteiger partial charge in [0, 0.05) is 29.7 Å². The molecule has 2 aromatic heterocycles. The van der Waals surface area contributed by atoms with Crippen LogP contribution >= 0.6 is 0 Å². The van der Waals surface area contributed by atoms with Crippen molar-refractivity contribution < 1.29 is 9.47 Å². The van der Waals surface area contributed by atoms with Crippen LogP contribution in [0.5, 0.6) is 11.5 Å². The molecule has 0 aliphatic carbocycles. The molecule has 1 aromatic carbocycles. The van der Waals surface area contributed by atoms with Crippen LogP contribution in [-0.2, 0) is 6.54 Å². The molecule has 0 amide bonds. The Kier molecular flexibility index (Phi) is 4.98. The summed E-state index contributed by atoms with van der Waals surface area (Å²) in [4.78, 5) is 17.7. The fraction of sp³-hybridized carbons (Fsp3) is 0.174. The SMILES string of the molecule is COc1ccccc1[C@H]1C(C#N)=C(N)Oc2cc(C)n(Cc3ccncc3)c(=O)c21. The number of para-hydroxylation sites is 1. The lowest BCUT2D eigenvalue weighted by Crippen LogP contribution is -2.33. The molecule has 1 atom stereocenters. The van der Waals surface area contributed by atoms with Crippen LogP contribution in [0.3, 0.4) is 0 Å². The van der Waals surface area contributed by atoms with E-state index in [0.29, 0.717) is 29.2 Å². The zero-order valence-electron chi connectivity index (χ0n) is 16.6. The first-order valence-electron chi connectivity index (χ1n) is 9.39. The molecule has 0 bridgehead atoms. The summed E-state index contributed by atoms with van der Waals surface area (Å²) >= 11 is 0. The van der Waals surface area contributed by atoms with Gasteiger partial charge in [0.15, 0.2) is 0 Å². The number of aromatic nitrogens is 2. The molecule has 1 aliphatic heterocycles. The van der Waals surface area contributed by atoms with Crippen LogP contribution in [0.4, 0.5) is 0 Å². The fourth-order valence-corrected chi connectivity index (χ4v) is 3.77. The minimum atomic E-state index is -0.688. The lowest BCUT2D eigenvalue weighted by molar-refractivity contribution is 0.383. The minimum absolute atomic E-state index is 0.00779. The topological polar surface area (TPSA) is 103 Å². The van der Waals surface area contributed by atoms with Gasteiger partial charge in [0.2, 0.25) is 5.88 Å². The summed E-state index contributed by atoms with van der Waals surface area (Å²) in [5.41, 5.74) is 8.72. The van der Waals surface area contributed by atoms with Gasteiger partial charge in [-0.3, -0.25) is 9.78 Å². The van der Waals surface area contributed by atoms with Crippen molar-refractivity contribution in [2.24, 2.45) is 5.73 Å². The van der Waals surface area contributed by atoms with Crippen molar-refractivity contribution in [3.05, 3.63) is 99.1 Å². The molecule has 0 spiro atoms. The molecule has 4 rings (SSSR count). The molecule has 2 N–H and O–H groups in total. The molecule has 0 unspecified atom stereocenters. The number of nitrogens with two attached hydrogens (primary N) is 1. The number of allylic oxidation sites excluding steroid dienone is 1. The highest BCUT2D eigenvalue weighted by Crippen LogP contribution is 2.43. The van der Waals surface area contributed by atoms with Crippen molar-refractivity contribution in [1.82, 2.24) is 9.55 Å². The van der Waals surface area contributed by atoms with Crippen LogP contribution in [0.2, 0.25) is 0 Å². The molecular formula is C23H20N4O3. The molecule has 30 heavy (non-hydrogen) atoms. The molecule has 0 saturated carbocycles. The Labute approximate surface area is 173 Å². The normalized spacial score (nSPS) is 15.2. The number of hydrogen-bond donors (Lipinski definition) is 1. The van der Waals surface area contributed by atoms with Gasteiger partial charge in [-0.05, 0) is 30.7 Å². The van der Waals surface area contributed by atoms with Crippen molar-refractivity contribution >= 4 is 0 Å². The van der Waals surface area contributed by atoms with E-state index in [1.54, 1.807) is 36.2 Å². The number of nitriles is 1. The lowest BCUT2D eigenvalue weighted by Gasteiger charge is -2.28. The number of nitrogens with zero attached hydrogens (tertiary/aromatic N) is 3. The summed E-state index contributed by atoms with van der Waals surface area (Å²) in [6, 6.07) is 14.9. The molecule has 0 fully saturated rings. The summed E-state index contributed by atoms with van der Waals surface area (Å²) in [7, 11) is 1.55. The van der Waals surface area contributed by atoms with E-state index < -0.39 is 5.92 Å². The van der Waals surface area contributed by atoms with Crippen LogP contribution in [0.15, 0.2) is 71.1 Å². The van der Waals surface area contributed by atoms with Crippen LogP contribution in [-0.4, -0.2) is 16.7 Å². The van der Waals surface area contributed by atoms with Gasteiger partial charge in [0.1, 0.15) is 23.1 Å². The monoisotopic (exact) mass is 400 g/mol. The zero-order valence-corrected chi connectivity index (χ0v) is 16.6. The molecule has 1 aliphatic rings. The van der Waals surface area contributed by atoms with E-state index in [-0.39, 0.29) is 17.0 Å². The summed E-state index contributed by atoms with van der Waals surface area (Å²) in [5.74, 6) is 0.228. The number of hydrogen-bond acceptors (Lipinski definition) is 6. The number of methoxy groups -OCH3 is 1. The predicted molar refractivity (Wildman–Crippen MR) is 111 cm³/mol. The van der Waals surface area contributed by atoms with Crippen LogP contribution in [0.1, 0.15) is 28.3 Å². The van der Waals surface area contributed by atoms with Gasteiger partial charge in [-0.15, -0.1) is 0 Å². The van der Waals surface area contributed by atoms with Crippen molar-refractivity contribution in [3.63, 3.8) is 0 Å². The fourth-order valence-electron chi connectivity index (χ4n) is 3.77. The Bertz CT molecular complexity index is 1240. The molecule has 7 nitrogen and oxygen atoms in total. The average Bonchev–Trinajstić information content (AvgIpc) is 2.76. The third kappa shape index (κ3) is 3.18. The van der Waals surface area contributed by atoms with Gasteiger partial charge in [-0.1, -0.05) is 18.2 Å². The Morgan fingerprint density at radius 3 is 2.70 bits per heavy atom. The van der Waals surface area contributed by atoms with Gasteiger partial charge in [-0.25, -0.2) is 0 Å². The molecule has 0 radical (unpaired) electrons. The van der Waals surface area contributed by atoms with Gasteiger partial charge >= 0.3 is 0 Å². The third-order valence-corrected chi connectivity index (χ3v) is 5.23. The molecule has 7 heteroatoms. The van der Waals surface area contributed by atoms with E-state index in [2.05, 4.69) is 11.1 Å². The smallest absolute Gasteiger partial charge is 0.259 e. The highest BCUT2D eigenvalue weighted by atomic mass is 16.5. The predicted octanol–water partition coefficient (Wildman–Crippen LogP) is 2.83. The van der Waals surface area contributed by atoms with Crippen LogP contribution in [0.25, 0.3) is 0 Å². The van der Waals surface area contributed by atoms with Crippen LogP contribution < -0.4 is 20.8 Å². The maximum absolute atomic E-state index is 13.6. The second kappa shape index (κ2) is 7.76. The highest BCUT2D eigenvalue weighted by Gasteiger charge is 2.35. The Morgan fingerprint density at radius 1 is 1.27 bits per heavy atom. The van der Waals surface area contributed by atoms with Gasteiger partial charge in [-0.2, -0.15) is 5.26 Å². The maximum Gasteiger partial charge on any atom is 0.259 e. The van der Waals surface area contributed by atoms with E-state index in [4.69, 9.17) is 15.2 Å². The second-order valence-corrected chi connectivity index (χ2v) is 6.98. The van der Waals surface area contributed by atoms with Crippen molar-refractivity contribution in [1.29, 1.82) is 5.26 Å². The van der Waals surface area contributed by atoms with Gasteiger partial charge < -0.3 is 19.8 Å². The molecule has 0 saturated heterocycles. The Hall–Kier alpha value is -4.05. The largest absolute Gasteiger partial charge is 0.496 e. The zero-order chi connectivity index (χ0) is 21.3. The van der Waals surface area contributed by atoms with Crippen molar-refractivity contribution in [2.75, 3.05) is 7.11 Å². The minimum Gasteiger partial charge on any atom is -0.496 e. The number of aryl methyl sites for hydroxylation is 1. The Balaban J connectivity index is 1.96. The van der Waals surface area contributed by atoms with Crippen molar-refractivity contribution in [3.8, 4) is 17.6 Å². The summed E-state index contributed by atoms with van der Waals surface area (Å²) in [5, 5.41) is 9.81. The lowest BCUT2D eigenvalue weighted by atomic mass is 9.83. The van der Waals surface area contributed by atoms with E-state index >= 15 is 0 Å². The second-order valence-electron chi connectivity index (χ2n) is 6.98. The van der Waals surface area contributed by atoms with Crippen molar-refractivity contribution in [2.45, 2.75) is 19.4 Å². The number of fused-ring (bicyclic) bond motifs is 1. The summed E-state index contributed by atoms with van der Waals surface area (Å²) < 4.78 is 12.9. The molecule has 3 heterocycles. The first-order chi connectivity index (χ1) is 14.5. The van der Waals surface area contributed by atoms with E-state index in [0.717, 1.165) is 11.3 Å². The van der Waals surface area contributed by atoms with E-state index in [1.807, 2.05) is 37.3 Å². The van der Waals surface area contributed by atoms with E-state index in [9.17, 15) is 10.1 Å². The quantitative estimate of drug-likeness (QED) is 0.722. The molecular weight excluding hydrogens is 380 g/mol. The maximum atomic E-state index is 13.6. The van der Waals surface area contributed by atoms with Gasteiger partial charge in [0.05, 0.1) is 25.1 Å². The highest BCUT2D eigenvalue weighted by molar-refractivity contribution is 5.58. The number of benzene rings is 1. The molecule has 150 valence electrons. The molecule has 3 aromatic rings. The number of rotatable bonds is 4. The third-order valence-electron chi connectivity index (χ3n) is 5.23. The first kappa shape index (κ1) is 19.3. The summed E-state index contributed by atoms with van der Waals surface area (Å²) in [6.07, 6.45) is 3.37. The van der Waals surface area contributed by atoms with Crippen LogP contribution in [0, 0.1) is 18.3 Å².